The maximum atomic E-state index is 15.5. The third kappa shape index (κ3) is 10.1. The van der Waals surface area contributed by atoms with E-state index in [2.05, 4.69) is 30.3 Å². The lowest BCUT2D eigenvalue weighted by molar-refractivity contribution is -0.134. The van der Waals surface area contributed by atoms with E-state index in [1.165, 1.54) is 54.6 Å². The summed E-state index contributed by atoms with van der Waals surface area (Å²) in [6, 6.07) is 12.3. The van der Waals surface area contributed by atoms with E-state index in [1.807, 2.05) is 9.80 Å². The molecular weight excluding hydrogens is 907 g/mol. The first-order chi connectivity index (χ1) is 32.7. The van der Waals surface area contributed by atoms with Gasteiger partial charge in [-0.2, -0.15) is 18.0 Å². The number of amides is 3. The Morgan fingerprint density at radius 1 is 0.985 bits per heavy atom. The van der Waals surface area contributed by atoms with E-state index >= 15 is 8.78 Å². The van der Waals surface area contributed by atoms with Crippen LogP contribution in [0.4, 0.5) is 26.1 Å². The van der Waals surface area contributed by atoms with Gasteiger partial charge in [-0.3, -0.25) is 38.7 Å². The lowest BCUT2D eigenvalue weighted by atomic mass is 9.86. The lowest BCUT2D eigenvalue weighted by Gasteiger charge is -2.40. The van der Waals surface area contributed by atoms with Gasteiger partial charge in [0.1, 0.15) is 35.6 Å². The maximum absolute atomic E-state index is 15.5. The number of nitrogens with zero attached hydrogens (tertiary/aromatic N) is 9. The van der Waals surface area contributed by atoms with Gasteiger partial charge >= 0.3 is 10.2 Å². The Morgan fingerprint density at radius 3 is 2.44 bits per heavy atom. The van der Waals surface area contributed by atoms with Crippen LogP contribution in [0.3, 0.4) is 0 Å². The van der Waals surface area contributed by atoms with Gasteiger partial charge in [-0.05, 0) is 67.4 Å². The molecule has 0 aliphatic carbocycles. The lowest BCUT2D eigenvalue weighted by Crippen LogP contribution is -2.53. The molecule has 23 heteroatoms. The second-order valence-corrected chi connectivity index (χ2v) is 18.3. The fourth-order valence-corrected chi connectivity index (χ4v) is 9.37. The number of piperazine rings is 1. The summed E-state index contributed by atoms with van der Waals surface area (Å²) in [5, 5.41) is 15.3. The minimum absolute atomic E-state index is 0.0119. The van der Waals surface area contributed by atoms with Crippen LogP contribution in [0, 0.1) is 23.0 Å². The molecule has 3 N–H and O–H groups in total. The van der Waals surface area contributed by atoms with Crippen molar-refractivity contribution in [2.45, 2.75) is 44.2 Å². The van der Waals surface area contributed by atoms with Crippen molar-refractivity contribution in [1.82, 2.24) is 38.9 Å². The number of fused-ring (bicyclic) bond motifs is 1. The Bertz CT molecular complexity index is 2960. The molecule has 3 saturated heterocycles. The Hall–Kier alpha value is -7.13. The number of hydrogen-bond acceptors (Lipinski definition) is 15. The smallest absolute Gasteiger partial charge is 0.301 e. The summed E-state index contributed by atoms with van der Waals surface area (Å²) in [7, 11) is -1.13. The normalized spacial score (nSPS) is 19.2. The van der Waals surface area contributed by atoms with E-state index in [0.717, 1.165) is 16.4 Å². The van der Waals surface area contributed by atoms with Gasteiger partial charge in [0.25, 0.3) is 5.56 Å². The molecule has 20 nitrogen and oxygen atoms in total. The van der Waals surface area contributed by atoms with Gasteiger partial charge in [0.05, 0.1) is 47.3 Å². The molecule has 3 aliphatic heterocycles. The zero-order chi connectivity index (χ0) is 48.3. The molecule has 3 atom stereocenters. The number of nitrogens with one attached hydrogen (secondary N) is 3. The molecule has 0 radical (unpaired) electrons. The molecule has 68 heavy (non-hydrogen) atoms. The second kappa shape index (κ2) is 20.0. The highest BCUT2D eigenvalue weighted by Gasteiger charge is 2.35. The van der Waals surface area contributed by atoms with Gasteiger partial charge < -0.3 is 24.6 Å². The van der Waals surface area contributed by atoms with Crippen molar-refractivity contribution < 1.29 is 41.1 Å². The minimum atomic E-state index is -4.05. The molecule has 3 aliphatic rings. The van der Waals surface area contributed by atoms with Crippen molar-refractivity contribution >= 4 is 56.2 Å². The highest BCUT2D eigenvalue weighted by molar-refractivity contribution is 7.90. The molecule has 0 saturated carbocycles. The second-order valence-electron chi connectivity index (χ2n) is 16.5. The molecule has 3 aromatic carbocycles. The first-order valence-corrected chi connectivity index (χ1v) is 23.3. The highest BCUT2D eigenvalue weighted by atomic mass is 32.2. The SMILES string of the molecule is CCN(C)S(=O)(=O)Nc1ccc(F)c(Oc2ccc3ncn(-c4cnc(N5CCN(C(=O)CN6CC[C@@H](c7ccc(N[C@H]8CCC(=O)NC8=O)cc7F)[C@H](OC)C6)CC5)nc4)c(=O)c3c2)c1C#N. The predicted molar refractivity (Wildman–Crippen MR) is 245 cm³/mol. The van der Waals surface area contributed by atoms with Gasteiger partial charge in [0, 0.05) is 71.5 Å². The third-order valence-electron chi connectivity index (χ3n) is 12.4. The van der Waals surface area contributed by atoms with Crippen LogP contribution >= 0.6 is 0 Å². The molecule has 0 spiro atoms. The van der Waals surface area contributed by atoms with E-state index < -0.39 is 50.7 Å². The fourth-order valence-electron chi connectivity index (χ4n) is 8.42. The molecule has 3 fully saturated rings. The number of hydrogen-bond donors (Lipinski definition) is 3. The summed E-state index contributed by atoms with van der Waals surface area (Å²) in [6.45, 7) is 4.69. The molecule has 356 valence electrons. The number of rotatable bonds is 14. The maximum Gasteiger partial charge on any atom is 0.301 e. The predicted octanol–water partition coefficient (Wildman–Crippen LogP) is 3.10. The monoisotopic (exact) mass is 954 g/mol. The first kappa shape index (κ1) is 47.4. The summed E-state index contributed by atoms with van der Waals surface area (Å²) in [5.41, 5.74) is 0.434. The number of piperidine rings is 2. The van der Waals surface area contributed by atoms with Crippen molar-refractivity contribution in [3.8, 4) is 23.3 Å². The van der Waals surface area contributed by atoms with Gasteiger partial charge in [0.2, 0.25) is 23.7 Å². The zero-order valence-electron chi connectivity index (χ0n) is 37.3. The zero-order valence-corrected chi connectivity index (χ0v) is 38.1. The van der Waals surface area contributed by atoms with Crippen LogP contribution < -0.4 is 30.6 Å². The number of methoxy groups -OCH3 is 1. The topological polar surface area (TPSA) is 237 Å². The van der Waals surface area contributed by atoms with E-state index in [9.17, 15) is 32.9 Å². The average Bonchev–Trinajstić information content (AvgIpc) is 3.33. The number of carbonyl (C=O) groups is 3. The third-order valence-corrected chi connectivity index (χ3v) is 13.9. The Labute approximate surface area is 389 Å². The van der Waals surface area contributed by atoms with Gasteiger partial charge in [-0.1, -0.05) is 13.0 Å². The summed E-state index contributed by atoms with van der Waals surface area (Å²) in [6.07, 6.45) is 4.99. The Kier molecular flexibility index (Phi) is 13.9. The minimum Gasteiger partial charge on any atom is -0.453 e. The summed E-state index contributed by atoms with van der Waals surface area (Å²) < 4.78 is 72.0. The molecule has 2 aromatic heterocycles. The summed E-state index contributed by atoms with van der Waals surface area (Å²) in [5.74, 6) is -2.57. The van der Waals surface area contributed by atoms with Crippen LogP contribution in [0.15, 0.2) is 72.0 Å². The number of aromatic nitrogens is 4. The Balaban J connectivity index is 0.861. The van der Waals surface area contributed by atoms with E-state index in [0.29, 0.717) is 80.5 Å². The van der Waals surface area contributed by atoms with Crippen LogP contribution in [-0.2, 0) is 29.3 Å². The highest BCUT2D eigenvalue weighted by Crippen LogP contribution is 2.35. The van der Waals surface area contributed by atoms with Gasteiger partial charge in [-0.15, -0.1) is 0 Å². The summed E-state index contributed by atoms with van der Waals surface area (Å²) in [4.78, 5) is 70.1. The number of carbonyl (C=O) groups excluding carboxylic acids is 3. The molecule has 0 bridgehead atoms. The van der Waals surface area contributed by atoms with Gasteiger partial charge in [0.15, 0.2) is 11.6 Å². The standard InChI is InChI=1S/C45H48F2N12O8S/c1-4-55(2)68(64,65)54-37-10-8-34(46)42(33(37)21-48)67-29-6-9-36-32(20-29)44(63)59(26-51-36)28-22-49-45(50-23-28)58-17-15-57(16-18-58)41(61)25-56-14-13-31(39(24-56)66-3)30-7-5-27(19-35(30)47)52-38-11-12-40(60)53-43(38)62/h5-10,19-20,22-23,26,31,38-39,52,54H,4,11-18,24-25H2,1-3H3,(H,53,60,62)/t31-,38-,39+/m0/s1. The van der Waals surface area contributed by atoms with E-state index in [1.54, 1.807) is 37.1 Å². The molecule has 5 aromatic rings. The Morgan fingerprint density at radius 2 is 1.75 bits per heavy atom. The van der Waals surface area contributed by atoms with E-state index in [-0.39, 0.29) is 60.2 Å². The van der Waals surface area contributed by atoms with Crippen LogP contribution in [-0.4, -0.2) is 138 Å². The average molecular weight is 955 g/mol. The van der Waals surface area contributed by atoms with Crippen LogP contribution in [0.5, 0.6) is 11.5 Å². The summed E-state index contributed by atoms with van der Waals surface area (Å²) >= 11 is 0. The molecule has 0 unspecified atom stereocenters. The number of imide groups is 1. The van der Waals surface area contributed by atoms with Gasteiger partial charge in [-0.25, -0.2) is 23.7 Å². The van der Waals surface area contributed by atoms with Crippen molar-refractivity contribution in [2.75, 3.05) is 81.5 Å². The number of anilines is 3. The van der Waals surface area contributed by atoms with E-state index in [4.69, 9.17) is 9.47 Å². The quantitative estimate of drug-likeness (QED) is 0.136. The number of ether oxygens (including phenoxy) is 2. The van der Waals surface area contributed by atoms with Crippen LogP contribution in [0.2, 0.25) is 0 Å². The molecule has 8 rings (SSSR count). The number of nitriles is 1. The van der Waals surface area contributed by atoms with Crippen LogP contribution in [0.1, 0.15) is 43.2 Å². The number of likely N-dealkylation sites (tertiary alicyclic amines) is 1. The molecule has 3 amide bonds. The number of benzene rings is 3. The fraction of sp³-hybridized carbons (Fsp3) is 0.378. The first-order valence-electron chi connectivity index (χ1n) is 21.8. The largest absolute Gasteiger partial charge is 0.453 e. The number of halogens is 2. The van der Waals surface area contributed by atoms with Crippen molar-refractivity contribution in [2.24, 2.45) is 0 Å². The van der Waals surface area contributed by atoms with Crippen LogP contribution in [0.25, 0.3) is 16.6 Å². The van der Waals surface area contributed by atoms with Crippen molar-refractivity contribution in [3.63, 3.8) is 0 Å². The molecule has 5 heterocycles. The van der Waals surface area contributed by atoms with Crippen molar-refractivity contribution in [3.05, 3.63) is 100 Å². The van der Waals surface area contributed by atoms with Crippen molar-refractivity contribution in [1.29, 1.82) is 5.26 Å². The molecular formula is C45H48F2N12O8S.